The molecule has 0 unspecified atom stereocenters. The van der Waals surface area contributed by atoms with Gasteiger partial charge in [-0.15, -0.1) is 0 Å². The zero-order chi connectivity index (χ0) is 23.5. The largest absolute Gasteiger partial charge is 0.462 e. The van der Waals surface area contributed by atoms with Gasteiger partial charge in [0.2, 0.25) is 0 Å². The molecule has 4 rings (SSSR count). The van der Waals surface area contributed by atoms with Crippen molar-refractivity contribution in [1.29, 1.82) is 0 Å². The van der Waals surface area contributed by atoms with Gasteiger partial charge >= 0.3 is 17.9 Å². The van der Waals surface area contributed by atoms with Gasteiger partial charge in [0.15, 0.2) is 0 Å². The number of esters is 3. The standard InChI is InChI=1S/C25H38O7/c1-14(26)30-18-12-17-6-7-20-19-8-9-21(31-15(2)27)23(19,4)10-11-25(20,29)24(17,5)22(13-18)32-16(3)28/h17-22,29H,6-13H2,1-5H3/t17-,18-,19+,20-,21+,22-,23-,24-,25+/m0/s1. The number of aliphatic hydroxyl groups is 1. The van der Waals surface area contributed by atoms with E-state index in [2.05, 4.69) is 13.8 Å². The summed E-state index contributed by atoms with van der Waals surface area (Å²) in [6.45, 7) is 8.57. The number of hydrogen-bond donors (Lipinski definition) is 1. The number of fused-ring (bicyclic) bond motifs is 5. The first-order valence-corrected chi connectivity index (χ1v) is 12.2. The van der Waals surface area contributed by atoms with Crippen molar-refractivity contribution < 1.29 is 33.7 Å². The topological polar surface area (TPSA) is 99.1 Å². The van der Waals surface area contributed by atoms with Crippen LogP contribution in [0.2, 0.25) is 0 Å². The second-order valence-corrected chi connectivity index (χ2v) is 11.2. The van der Waals surface area contributed by atoms with Gasteiger partial charge in [0, 0.05) is 38.0 Å². The quantitative estimate of drug-likeness (QED) is 0.518. The predicted octanol–water partition coefficient (Wildman–Crippen LogP) is 3.55. The minimum atomic E-state index is -0.980. The Morgan fingerprint density at radius 2 is 1.34 bits per heavy atom. The summed E-state index contributed by atoms with van der Waals surface area (Å²) in [5, 5.41) is 12.4. The van der Waals surface area contributed by atoms with Gasteiger partial charge in [-0.25, -0.2) is 0 Å². The Balaban J connectivity index is 1.67. The van der Waals surface area contributed by atoms with Crippen molar-refractivity contribution in [3.8, 4) is 0 Å². The molecule has 0 aromatic rings. The fourth-order valence-electron chi connectivity index (χ4n) is 8.25. The second kappa shape index (κ2) is 8.00. The Kier molecular flexibility index (Phi) is 5.88. The van der Waals surface area contributed by atoms with E-state index in [9.17, 15) is 19.5 Å². The lowest BCUT2D eigenvalue weighted by molar-refractivity contribution is -0.277. The molecule has 0 amide bonds. The van der Waals surface area contributed by atoms with Crippen LogP contribution in [-0.4, -0.2) is 46.9 Å². The first-order chi connectivity index (χ1) is 14.9. The molecule has 4 saturated carbocycles. The Bertz CT molecular complexity index is 795. The van der Waals surface area contributed by atoms with Crippen LogP contribution in [0.5, 0.6) is 0 Å². The van der Waals surface area contributed by atoms with E-state index in [1.165, 1.54) is 20.8 Å². The molecular formula is C25H38O7. The minimum Gasteiger partial charge on any atom is -0.462 e. The molecular weight excluding hydrogens is 412 g/mol. The van der Waals surface area contributed by atoms with Crippen LogP contribution in [-0.2, 0) is 28.6 Å². The average Bonchev–Trinajstić information content (AvgIpc) is 2.99. The lowest BCUT2D eigenvalue weighted by atomic mass is 9.42. The molecule has 7 nitrogen and oxygen atoms in total. The van der Waals surface area contributed by atoms with Crippen molar-refractivity contribution in [2.45, 2.75) is 110 Å². The van der Waals surface area contributed by atoms with Crippen molar-refractivity contribution in [3.05, 3.63) is 0 Å². The van der Waals surface area contributed by atoms with Crippen molar-refractivity contribution in [1.82, 2.24) is 0 Å². The fraction of sp³-hybridized carbons (Fsp3) is 0.880. The highest BCUT2D eigenvalue weighted by molar-refractivity contribution is 5.67. The van der Waals surface area contributed by atoms with Gasteiger partial charge in [0.05, 0.1) is 5.60 Å². The van der Waals surface area contributed by atoms with E-state index in [1.807, 2.05) is 0 Å². The summed E-state index contributed by atoms with van der Waals surface area (Å²) in [7, 11) is 0. The molecule has 0 aliphatic heterocycles. The molecule has 0 heterocycles. The maximum absolute atomic E-state index is 12.4. The second-order valence-electron chi connectivity index (χ2n) is 11.2. The van der Waals surface area contributed by atoms with E-state index in [0.29, 0.717) is 19.3 Å². The molecule has 4 aliphatic rings. The average molecular weight is 451 g/mol. The number of carbonyl (C=O) groups excluding carboxylic acids is 3. The molecule has 0 radical (unpaired) electrons. The zero-order valence-electron chi connectivity index (χ0n) is 20.0. The van der Waals surface area contributed by atoms with Crippen molar-refractivity contribution in [2.24, 2.45) is 28.6 Å². The Morgan fingerprint density at radius 1 is 0.750 bits per heavy atom. The van der Waals surface area contributed by atoms with E-state index in [4.69, 9.17) is 14.2 Å². The third-order valence-corrected chi connectivity index (χ3v) is 9.72. The van der Waals surface area contributed by atoms with Gasteiger partial charge in [-0.1, -0.05) is 13.8 Å². The van der Waals surface area contributed by atoms with Crippen LogP contribution in [0.1, 0.15) is 86.0 Å². The van der Waals surface area contributed by atoms with Crippen LogP contribution in [0.15, 0.2) is 0 Å². The third kappa shape index (κ3) is 3.46. The van der Waals surface area contributed by atoms with Gasteiger partial charge in [-0.3, -0.25) is 14.4 Å². The third-order valence-electron chi connectivity index (χ3n) is 9.72. The van der Waals surface area contributed by atoms with Crippen LogP contribution < -0.4 is 0 Å². The Labute approximate surface area is 190 Å². The Morgan fingerprint density at radius 3 is 1.97 bits per heavy atom. The normalized spacial score (nSPS) is 47.4. The molecule has 4 aliphatic carbocycles. The van der Waals surface area contributed by atoms with Crippen LogP contribution >= 0.6 is 0 Å². The van der Waals surface area contributed by atoms with Crippen LogP contribution in [0, 0.1) is 28.6 Å². The maximum atomic E-state index is 12.4. The molecule has 0 bridgehead atoms. The molecule has 1 N–H and O–H groups in total. The molecule has 7 heteroatoms. The molecule has 9 atom stereocenters. The summed E-state index contributed by atoms with van der Waals surface area (Å²) in [6.07, 6.45) is 5.06. The number of rotatable bonds is 3. The summed E-state index contributed by atoms with van der Waals surface area (Å²) in [5.41, 5.74) is -1.73. The number of ether oxygens (including phenoxy) is 3. The predicted molar refractivity (Wildman–Crippen MR) is 115 cm³/mol. The lowest BCUT2D eigenvalue weighted by Crippen LogP contribution is -2.70. The van der Waals surface area contributed by atoms with E-state index < -0.39 is 17.1 Å². The van der Waals surface area contributed by atoms with Crippen molar-refractivity contribution in [2.75, 3.05) is 0 Å². The van der Waals surface area contributed by atoms with Gasteiger partial charge in [-0.2, -0.15) is 0 Å². The molecule has 0 saturated heterocycles. The van der Waals surface area contributed by atoms with E-state index >= 15 is 0 Å². The summed E-state index contributed by atoms with van der Waals surface area (Å²) in [4.78, 5) is 35.4. The zero-order valence-corrected chi connectivity index (χ0v) is 20.0. The van der Waals surface area contributed by atoms with Crippen LogP contribution in [0.25, 0.3) is 0 Å². The molecule has 32 heavy (non-hydrogen) atoms. The highest BCUT2D eigenvalue weighted by atomic mass is 16.6. The molecule has 0 spiro atoms. The monoisotopic (exact) mass is 450 g/mol. The Hall–Kier alpha value is -1.63. The van der Waals surface area contributed by atoms with Gasteiger partial charge in [0.1, 0.15) is 18.3 Å². The fourth-order valence-corrected chi connectivity index (χ4v) is 8.25. The summed E-state index contributed by atoms with van der Waals surface area (Å²) >= 11 is 0. The lowest BCUT2D eigenvalue weighted by Gasteiger charge is -2.66. The number of hydrogen-bond acceptors (Lipinski definition) is 7. The first kappa shape index (κ1) is 23.5. The van der Waals surface area contributed by atoms with E-state index in [0.717, 1.165) is 32.1 Å². The van der Waals surface area contributed by atoms with Gasteiger partial charge in [-0.05, 0) is 62.7 Å². The van der Waals surface area contributed by atoms with Gasteiger partial charge in [0.25, 0.3) is 0 Å². The summed E-state index contributed by atoms with van der Waals surface area (Å²) in [5.74, 6) is -0.531. The molecule has 180 valence electrons. The maximum Gasteiger partial charge on any atom is 0.302 e. The molecule has 0 aromatic heterocycles. The number of carbonyl (C=O) groups is 3. The van der Waals surface area contributed by atoms with Crippen LogP contribution in [0.3, 0.4) is 0 Å². The SMILES string of the molecule is CC(=O)O[C@H]1C[C@@H]2CC[C@H]3[C@H]4CC[C@@H](OC(C)=O)[C@@]4(C)CC[C@]3(O)[C@]2(C)[C@@H](OC(C)=O)C1. The summed E-state index contributed by atoms with van der Waals surface area (Å²) in [6, 6.07) is 0. The smallest absolute Gasteiger partial charge is 0.302 e. The highest BCUT2D eigenvalue weighted by Crippen LogP contribution is 2.68. The highest BCUT2D eigenvalue weighted by Gasteiger charge is 2.70. The van der Waals surface area contributed by atoms with Gasteiger partial charge < -0.3 is 19.3 Å². The van der Waals surface area contributed by atoms with E-state index in [1.54, 1.807) is 0 Å². The first-order valence-electron chi connectivity index (χ1n) is 12.2. The van der Waals surface area contributed by atoms with E-state index in [-0.39, 0.29) is 53.3 Å². The minimum absolute atomic E-state index is 0.0615. The van der Waals surface area contributed by atoms with Crippen LogP contribution in [0.4, 0.5) is 0 Å². The summed E-state index contributed by atoms with van der Waals surface area (Å²) < 4.78 is 17.1. The van der Waals surface area contributed by atoms with Crippen molar-refractivity contribution in [3.63, 3.8) is 0 Å². The van der Waals surface area contributed by atoms with Crippen molar-refractivity contribution >= 4 is 17.9 Å². The molecule has 4 fully saturated rings. The molecule has 0 aromatic carbocycles.